The van der Waals surface area contributed by atoms with Crippen molar-refractivity contribution in [3.05, 3.63) is 47.8 Å². The number of hydrogen-bond donors (Lipinski definition) is 0. The van der Waals surface area contributed by atoms with Crippen molar-refractivity contribution in [2.24, 2.45) is 5.92 Å². The zero-order valence-electron chi connectivity index (χ0n) is 12.6. The number of piperidine rings is 1. The van der Waals surface area contributed by atoms with E-state index in [1.54, 1.807) is 36.4 Å². The molecule has 0 atom stereocenters. The van der Waals surface area contributed by atoms with Crippen molar-refractivity contribution in [3.8, 4) is 0 Å². The number of amides is 1. The minimum absolute atomic E-state index is 0.176. The van der Waals surface area contributed by atoms with Crippen LogP contribution in [0.1, 0.15) is 28.8 Å². The summed E-state index contributed by atoms with van der Waals surface area (Å²) in [4.78, 5) is 18.1. The molecule has 0 bridgehead atoms. The number of carbonyl (C=O) groups excluding carboxylic acids is 1. The highest BCUT2D eigenvalue weighted by Crippen LogP contribution is 2.22. The lowest BCUT2D eigenvalue weighted by molar-refractivity contribution is 0.0676. The molecular weight excluding hydrogens is 283 g/mol. The molecule has 0 aliphatic carbocycles. The molecule has 22 heavy (non-hydrogen) atoms. The van der Waals surface area contributed by atoms with Gasteiger partial charge in [-0.15, -0.1) is 0 Å². The van der Waals surface area contributed by atoms with Gasteiger partial charge in [-0.3, -0.25) is 9.48 Å². The van der Waals surface area contributed by atoms with E-state index in [0.717, 1.165) is 19.4 Å². The highest BCUT2D eigenvalue weighted by molar-refractivity contribution is 5.94. The van der Waals surface area contributed by atoms with Gasteiger partial charge in [-0.05, 0) is 37.3 Å². The molecule has 116 valence electrons. The number of nitrogens with zero attached hydrogens (tertiary/aromatic N) is 4. The number of carbonyl (C=O) groups is 1. The Kier molecular flexibility index (Phi) is 4.18. The molecule has 6 heteroatoms. The van der Waals surface area contributed by atoms with E-state index in [1.165, 1.54) is 6.33 Å². The Bertz CT molecular complexity index is 648. The maximum absolute atomic E-state index is 14.1. The predicted molar refractivity (Wildman–Crippen MR) is 79.8 cm³/mol. The Balaban J connectivity index is 1.61. The summed E-state index contributed by atoms with van der Waals surface area (Å²) >= 11 is 0. The minimum Gasteiger partial charge on any atom is -0.339 e. The summed E-state index contributed by atoms with van der Waals surface area (Å²) in [6.45, 7) is 3.81. The van der Waals surface area contributed by atoms with Gasteiger partial charge in [-0.2, -0.15) is 5.10 Å². The average molecular weight is 302 g/mol. The van der Waals surface area contributed by atoms with Crippen LogP contribution in [0, 0.1) is 18.7 Å². The standard InChI is InChI=1S/C16H19FN4O/c1-12-3-2-4-14(15(12)17)16(22)20-7-5-13(6-8-20)9-21-11-18-10-19-21/h2-4,10-11,13H,5-9H2,1H3. The number of hydrogen-bond acceptors (Lipinski definition) is 3. The van der Waals surface area contributed by atoms with Crippen molar-refractivity contribution >= 4 is 5.91 Å². The fourth-order valence-corrected chi connectivity index (χ4v) is 2.89. The van der Waals surface area contributed by atoms with Crippen LogP contribution < -0.4 is 0 Å². The fraction of sp³-hybridized carbons (Fsp3) is 0.438. The first-order valence-corrected chi connectivity index (χ1v) is 7.52. The second kappa shape index (κ2) is 6.25. The van der Waals surface area contributed by atoms with Crippen LogP contribution in [0.2, 0.25) is 0 Å². The Morgan fingerprint density at radius 3 is 2.82 bits per heavy atom. The highest BCUT2D eigenvalue weighted by Gasteiger charge is 2.25. The second-order valence-electron chi connectivity index (χ2n) is 5.79. The van der Waals surface area contributed by atoms with Gasteiger partial charge in [0.15, 0.2) is 0 Å². The molecule has 1 amide bonds. The van der Waals surface area contributed by atoms with E-state index in [0.29, 0.717) is 24.6 Å². The second-order valence-corrected chi connectivity index (χ2v) is 5.79. The summed E-state index contributed by atoms with van der Waals surface area (Å²) < 4.78 is 15.9. The quantitative estimate of drug-likeness (QED) is 0.874. The van der Waals surface area contributed by atoms with Crippen LogP contribution in [0.5, 0.6) is 0 Å². The molecule has 2 heterocycles. The molecule has 1 fully saturated rings. The molecule has 1 aromatic heterocycles. The average Bonchev–Trinajstić information content (AvgIpc) is 3.03. The number of benzene rings is 1. The number of halogens is 1. The molecule has 5 nitrogen and oxygen atoms in total. The van der Waals surface area contributed by atoms with Crippen LogP contribution in [-0.2, 0) is 6.54 Å². The van der Waals surface area contributed by atoms with Crippen molar-refractivity contribution in [2.45, 2.75) is 26.3 Å². The molecule has 0 N–H and O–H groups in total. The Morgan fingerprint density at radius 2 is 2.14 bits per heavy atom. The van der Waals surface area contributed by atoms with E-state index in [9.17, 15) is 9.18 Å². The summed E-state index contributed by atoms with van der Waals surface area (Å²) in [6, 6.07) is 4.96. The van der Waals surface area contributed by atoms with Crippen LogP contribution in [0.15, 0.2) is 30.9 Å². The van der Waals surface area contributed by atoms with Gasteiger partial charge < -0.3 is 4.90 Å². The van der Waals surface area contributed by atoms with Crippen LogP contribution >= 0.6 is 0 Å². The first kappa shape index (κ1) is 14.7. The molecule has 1 aromatic carbocycles. The van der Waals surface area contributed by atoms with Crippen LogP contribution in [0.4, 0.5) is 4.39 Å². The summed E-state index contributed by atoms with van der Waals surface area (Å²) in [5, 5.41) is 4.11. The summed E-state index contributed by atoms with van der Waals surface area (Å²) in [7, 11) is 0. The summed E-state index contributed by atoms with van der Waals surface area (Å²) in [5.41, 5.74) is 0.682. The fourth-order valence-electron chi connectivity index (χ4n) is 2.89. The lowest BCUT2D eigenvalue weighted by Crippen LogP contribution is -2.39. The zero-order chi connectivity index (χ0) is 15.5. The topological polar surface area (TPSA) is 51.0 Å². The van der Waals surface area contributed by atoms with Crippen molar-refractivity contribution in [1.82, 2.24) is 19.7 Å². The van der Waals surface area contributed by atoms with Crippen molar-refractivity contribution in [2.75, 3.05) is 13.1 Å². The monoisotopic (exact) mass is 302 g/mol. The van der Waals surface area contributed by atoms with E-state index in [2.05, 4.69) is 10.1 Å². The maximum atomic E-state index is 14.1. The first-order chi connectivity index (χ1) is 10.6. The lowest BCUT2D eigenvalue weighted by Gasteiger charge is -2.32. The molecule has 0 spiro atoms. The number of rotatable bonds is 3. The SMILES string of the molecule is Cc1cccc(C(=O)N2CCC(Cn3cncn3)CC2)c1F. The number of likely N-dealkylation sites (tertiary alicyclic amines) is 1. The zero-order valence-corrected chi connectivity index (χ0v) is 12.6. The molecule has 0 radical (unpaired) electrons. The molecule has 0 saturated carbocycles. The van der Waals surface area contributed by atoms with Gasteiger partial charge in [0.05, 0.1) is 5.56 Å². The highest BCUT2D eigenvalue weighted by atomic mass is 19.1. The lowest BCUT2D eigenvalue weighted by atomic mass is 9.96. The Morgan fingerprint density at radius 1 is 1.36 bits per heavy atom. The largest absolute Gasteiger partial charge is 0.339 e. The maximum Gasteiger partial charge on any atom is 0.256 e. The molecule has 1 aliphatic heterocycles. The van der Waals surface area contributed by atoms with Gasteiger partial charge in [0, 0.05) is 19.6 Å². The van der Waals surface area contributed by atoms with Crippen LogP contribution in [0.25, 0.3) is 0 Å². The molecule has 1 aliphatic rings. The van der Waals surface area contributed by atoms with E-state index in [-0.39, 0.29) is 11.5 Å². The third kappa shape index (κ3) is 3.00. The number of aryl methyl sites for hydroxylation is 1. The third-order valence-electron chi connectivity index (χ3n) is 4.24. The van der Waals surface area contributed by atoms with Crippen molar-refractivity contribution in [3.63, 3.8) is 0 Å². The van der Waals surface area contributed by atoms with Gasteiger partial charge in [-0.25, -0.2) is 9.37 Å². The summed E-state index contributed by atoms with van der Waals surface area (Å²) in [6.07, 6.45) is 5.04. The Labute approximate surface area is 128 Å². The van der Waals surface area contributed by atoms with E-state index < -0.39 is 5.82 Å². The van der Waals surface area contributed by atoms with Gasteiger partial charge in [-0.1, -0.05) is 12.1 Å². The summed E-state index contributed by atoms with van der Waals surface area (Å²) in [5.74, 6) is -0.134. The molecule has 1 saturated heterocycles. The molecular formula is C16H19FN4O. The molecule has 3 rings (SSSR count). The third-order valence-corrected chi connectivity index (χ3v) is 4.24. The van der Waals surface area contributed by atoms with Crippen molar-refractivity contribution < 1.29 is 9.18 Å². The molecule has 2 aromatic rings. The van der Waals surface area contributed by atoms with Gasteiger partial charge >= 0.3 is 0 Å². The van der Waals surface area contributed by atoms with E-state index in [1.807, 2.05) is 4.68 Å². The van der Waals surface area contributed by atoms with Gasteiger partial charge in [0.1, 0.15) is 18.5 Å². The van der Waals surface area contributed by atoms with Gasteiger partial charge in [0.2, 0.25) is 0 Å². The van der Waals surface area contributed by atoms with E-state index in [4.69, 9.17) is 0 Å². The Hall–Kier alpha value is -2.24. The predicted octanol–water partition coefficient (Wildman–Crippen LogP) is 2.28. The van der Waals surface area contributed by atoms with Gasteiger partial charge in [0.25, 0.3) is 5.91 Å². The van der Waals surface area contributed by atoms with Crippen molar-refractivity contribution in [1.29, 1.82) is 0 Å². The number of aromatic nitrogens is 3. The normalized spacial score (nSPS) is 16.0. The van der Waals surface area contributed by atoms with Crippen LogP contribution in [-0.4, -0.2) is 38.7 Å². The minimum atomic E-state index is -0.405. The smallest absolute Gasteiger partial charge is 0.256 e. The first-order valence-electron chi connectivity index (χ1n) is 7.52. The van der Waals surface area contributed by atoms with Crippen LogP contribution in [0.3, 0.4) is 0 Å². The van der Waals surface area contributed by atoms with E-state index >= 15 is 0 Å². The molecule has 0 unspecified atom stereocenters.